The third-order valence-corrected chi connectivity index (χ3v) is 2.12. The molecule has 0 saturated carbocycles. The second-order valence-electron chi connectivity index (χ2n) is 1.67. The molecule has 0 aliphatic rings. The van der Waals surface area contributed by atoms with Gasteiger partial charge in [0.15, 0.2) is 0 Å². The van der Waals surface area contributed by atoms with E-state index in [0.717, 1.165) is 0 Å². The van der Waals surface area contributed by atoms with Crippen molar-refractivity contribution in [3.8, 4) is 0 Å². The van der Waals surface area contributed by atoms with Gasteiger partial charge in [-0.15, -0.1) is 0 Å². The summed E-state index contributed by atoms with van der Waals surface area (Å²) in [5.74, 6) is 0. The van der Waals surface area contributed by atoms with Crippen molar-refractivity contribution in [1.82, 2.24) is 0 Å². The van der Waals surface area contributed by atoms with E-state index in [1.807, 2.05) is 0 Å². The van der Waals surface area contributed by atoms with Crippen LogP contribution in [-0.2, 0) is 26.3 Å². The van der Waals surface area contributed by atoms with Gasteiger partial charge in [-0.05, 0) is 0 Å². The normalized spacial score (nSPS) is 11.1. The molecule has 80 valence electrons. The van der Waals surface area contributed by atoms with Gasteiger partial charge in [-0.3, -0.25) is 0 Å². The van der Waals surface area contributed by atoms with Crippen molar-refractivity contribution in [3.63, 3.8) is 0 Å². The quantitative estimate of drug-likeness (QED) is 0.347. The van der Waals surface area contributed by atoms with Crippen molar-refractivity contribution in [2.45, 2.75) is 20.8 Å². The third-order valence-electron chi connectivity index (χ3n) is 0.694. The Morgan fingerprint density at radius 2 is 1.00 bits per heavy atom. The average molecular weight is 258 g/mol. The van der Waals surface area contributed by atoms with Gasteiger partial charge in [0.2, 0.25) is 0 Å². The summed E-state index contributed by atoms with van der Waals surface area (Å²) in [4.78, 5) is 13.9. The van der Waals surface area contributed by atoms with Crippen LogP contribution in [0.25, 0.3) is 0 Å². The first-order valence-electron chi connectivity index (χ1n) is 4.04. The van der Waals surface area contributed by atoms with E-state index in [1.165, 1.54) is 0 Å². The average Bonchev–Trinajstić information content (AvgIpc) is 2.17. The molecule has 13 heavy (non-hydrogen) atoms. The van der Waals surface area contributed by atoms with E-state index in [-0.39, 0.29) is 0 Å². The van der Waals surface area contributed by atoms with Gasteiger partial charge in [-0.25, -0.2) is 0 Å². The number of hydrogen-bond donors (Lipinski definition) is 0. The van der Waals surface area contributed by atoms with Crippen molar-refractivity contribution in [3.05, 3.63) is 0 Å². The zero-order valence-corrected chi connectivity index (χ0v) is 9.89. The van der Waals surface area contributed by atoms with Gasteiger partial charge in [0.05, 0.1) is 0 Å². The maximum atomic E-state index is 4.75. The van der Waals surface area contributed by atoms with Crippen molar-refractivity contribution >= 4 is 15.7 Å². The fraction of sp³-hybridized carbons (Fsp3) is 1.00. The van der Waals surface area contributed by atoms with Crippen LogP contribution >= 0.6 is 0 Å². The Hall–Kier alpha value is 0.318. The molecular weight excluding hydrogens is 243 g/mol. The summed E-state index contributed by atoms with van der Waals surface area (Å²) in [5.41, 5.74) is 0. The molecule has 0 N–H and O–H groups in total. The van der Waals surface area contributed by atoms with E-state index in [9.17, 15) is 0 Å². The van der Waals surface area contributed by atoms with E-state index in [0.29, 0.717) is 19.8 Å². The van der Waals surface area contributed by atoms with Crippen LogP contribution in [0.2, 0.25) is 0 Å². The molecule has 0 aliphatic heterocycles. The zero-order chi connectivity index (χ0) is 9.94. The summed E-state index contributed by atoms with van der Waals surface area (Å²) < 4.78 is 14.2. The molecule has 0 heterocycles. The Morgan fingerprint density at radius 1 is 0.692 bits per heavy atom. The molecular formula is C6H15AsO6. The molecule has 0 aromatic heterocycles. The molecule has 7 heteroatoms. The number of rotatable bonds is 9. The van der Waals surface area contributed by atoms with E-state index < -0.39 is 15.7 Å². The summed E-state index contributed by atoms with van der Waals surface area (Å²) >= 11 is -2.52. The first-order valence-corrected chi connectivity index (χ1v) is 6.33. The molecule has 0 aromatic rings. The minimum absolute atomic E-state index is 0.413. The Kier molecular flexibility index (Phi) is 10.7. The zero-order valence-electron chi connectivity index (χ0n) is 8.02. The summed E-state index contributed by atoms with van der Waals surface area (Å²) in [7, 11) is 0. The predicted molar refractivity (Wildman–Crippen MR) is 43.9 cm³/mol. The third kappa shape index (κ3) is 8.64. The molecule has 0 rings (SSSR count). The second kappa shape index (κ2) is 10.4. The molecule has 0 aromatic carbocycles. The SMILES string of the molecule is CCOO[As](OOCC)OOCC. The Morgan fingerprint density at radius 3 is 1.23 bits per heavy atom. The van der Waals surface area contributed by atoms with Gasteiger partial charge < -0.3 is 0 Å². The molecule has 0 bridgehead atoms. The van der Waals surface area contributed by atoms with Crippen LogP contribution in [0.15, 0.2) is 0 Å². The molecule has 0 amide bonds. The second-order valence-corrected chi connectivity index (χ2v) is 3.54. The van der Waals surface area contributed by atoms with Crippen LogP contribution in [0, 0.1) is 0 Å². The summed E-state index contributed by atoms with van der Waals surface area (Å²) in [6, 6.07) is 0. The van der Waals surface area contributed by atoms with Gasteiger partial charge in [0.25, 0.3) is 0 Å². The van der Waals surface area contributed by atoms with Gasteiger partial charge in [0, 0.05) is 0 Å². The van der Waals surface area contributed by atoms with Gasteiger partial charge in [-0.2, -0.15) is 0 Å². The molecule has 0 atom stereocenters. The van der Waals surface area contributed by atoms with E-state index >= 15 is 0 Å². The summed E-state index contributed by atoms with van der Waals surface area (Å²) in [5, 5.41) is 0. The minimum atomic E-state index is -2.52. The topological polar surface area (TPSA) is 55.4 Å². The van der Waals surface area contributed by atoms with Crippen LogP contribution in [0.4, 0.5) is 0 Å². The summed E-state index contributed by atoms with van der Waals surface area (Å²) in [6.07, 6.45) is 0. The Bertz CT molecular complexity index is 84.1. The van der Waals surface area contributed by atoms with Crippen LogP contribution in [0.3, 0.4) is 0 Å². The first-order chi connectivity index (χ1) is 6.35. The monoisotopic (exact) mass is 258 g/mol. The molecule has 0 unspecified atom stereocenters. The summed E-state index contributed by atoms with van der Waals surface area (Å²) in [6.45, 7) is 6.60. The van der Waals surface area contributed by atoms with Crippen LogP contribution in [-0.4, -0.2) is 35.5 Å². The van der Waals surface area contributed by atoms with E-state index in [4.69, 9.17) is 11.6 Å². The van der Waals surface area contributed by atoms with Crippen molar-refractivity contribution in [1.29, 1.82) is 0 Å². The fourth-order valence-electron chi connectivity index (χ4n) is 0.324. The van der Waals surface area contributed by atoms with Crippen LogP contribution in [0.1, 0.15) is 20.8 Å². The Labute approximate surface area is 83.1 Å². The standard InChI is InChI=1S/C6H15AsO6/c1-4-8-11-7(12-9-5-2)13-10-6-3/h4-6H2,1-3H3. The molecule has 0 radical (unpaired) electrons. The van der Waals surface area contributed by atoms with Crippen molar-refractivity contribution in [2.24, 2.45) is 0 Å². The molecule has 0 spiro atoms. The van der Waals surface area contributed by atoms with Crippen molar-refractivity contribution in [2.75, 3.05) is 19.8 Å². The first kappa shape index (κ1) is 13.3. The van der Waals surface area contributed by atoms with Crippen LogP contribution < -0.4 is 0 Å². The predicted octanol–water partition coefficient (Wildman–Crippen LogP) is 0.876. The van der Waals surface area contributed by atoms with Crippen molar-refractivity contribution < 1.29 is 26.3 Å². The molecule has 0 fully saturated rings. The number of hydrogen-bond acceptors (Lipinski definition) is 6. The van der Waals surface area contributed by atoms with Gasteiger partial charge in [-0.1, -0.05) is 0 Å². The molecule has 6 nitrogen and oxygen atoms in total. The molecule has 0 aliphatic carbocycles. The van der Waals surface area contributed by atoms with Gasteiger partial charge in [0.1, 0.15) is 0 Å². The van der Waals surface area contributed by atoms with Crippen LogP contribution in [0.5, 0.6) is 0 Å². The molecule has 0 saturated heterocycles. The van der Waals surface area contributed by atoms with E-state index in [1.54, 1.807) is 20.8 Å². The maximum absolute atomic E-state index is 4.75. The Balaban J connectivity index is 3.47. The van der Waals surface area contributed by atoms with E-state index in [2.05, 4.69) is 14.7 Å². The fourth-order valence-corrected chi connectivity index (χ4v) is 1.69. The van der Waals surface area contributed by atoms with Gasteiger partial charge >= 0.3 is 82.6 Å².